The summed E-state index contributed by atoms with van der Waals surface area (Å²) in [5.74, 6) is 0.141. The maximum Gasteiger partial charge on any atom is 0.340 e. The van der Waals surface area contributed by atoms with E-state index in [1.54, 1.807) is 6.07 Å². The fourth-order valence-corrected chi connectivity index (χ4v) is 1.99. The highest BCUT2D eigenvalue weighted by atomic mass is 16.5. The molecule has 24 heavy (non-hydrogen) atoms. The summed E-state index contributed by atoms with van der Waals surface area (Å²) >= 11 is 0. The highest BCUT2D eigenvalue weighted by Gasteiger charge is 2.20. The summed E-state index contributed by atoms with van der Waals surface area (Å²) in [5.41, 5.74) is 0.406. The number of esters is 1. The second-order valence-corrected chi connectivity index (χ2v) is 5.88. The lowest BCUT2D eigenvalue weighted by Gasteiger charge is -2.24. The Morgan fingerprint density at radius 2 is 1.67 bits per heavy atom. The van der Waals surface area contributed by atoms with Gasteiger partial charge in [0, 0.05) is 17.7 Å². The van der Waals surface area contributed by atoms with Gasteiger partial charge in [-0.2, -0.15) is 0 Å². The topological polar surface area (TPSA) is 85.9 Å². The summed E-state index contributed by atoms with van der Waals surface area (Å²) < 4.78 is 15.2. The van der Waals surface area contributed by atoms with Gasteiger partial charge in [0.15, 0.2) is 11.5 Å². The molecule has 0 saturated heterocycles. The SMILES string of the molecule is CCC(C)(C)NC(=O)CNc1cc(OC)c(OC)cc1C(=O)OC. The van der Waals surface area contributed by atoms with Crippen molar-refractivity contribution in [2.75, 3.05) is 33.2 Å². The summed E-state index contributed by atoms with van der Waals surface area (Å²) in [6.07, 6.45) is 0.808. The van der Waals surface area contributed by atoms with Gasteiger partial charge in [-0.15, -0.1) is 0 Å². The lowest BCUT2D eigenvalue weighted by atomic mass is 10.0. The smallest absolute Gasteiger partial charge is 0.340 e. The average molecular weight is 338 g/mol. The van der Waals surface area contributed by atoms with Crippen molar-refractivity contribution in [1.82, 2.24) is 5.32 Å². The highest BCUT2D eigenvalue weighted by molar-refractivity contribution is 5.97. The lowest BCUT2D eigenvalue weighted by molar-refractivity contribution is -0.121. The van der Waals surface area contributed by atoms with Gasteiger partial charge in [-0.3, -0.25) is 4.79 Å². The summed E-state index contributed by atoms with van der Waals surface area (Å²) in [5, 5.41) is 5.87. The van der Waals surface area contributed by atoms with Crippen LogP contribution >= 0.6 is 0 Å². The Bertz CT molecular complexity index is 599. The predicted molar refractivity (Wildman–Crippen MR) is 91.9 cm³/mol. The number of methoxy groups -OCH3 is 3. The first-order valence-corrected chi connectivity index (χ1v) is 7.67. The number of carbonyl (C=O) groups is 2. The van der Waals surface area contributed by atoms with Crippen molar-refractivity contribution in [2.24, 2.45) is 0 Å². The second-order valence-electron chi connectivity index (χ2n) is 5.88. The van der Waals surface area contributed by atoms with Crippen LogP contribution in [0.15, 0.2) is 12.1 Å². The van der Waals surface area contributed by atoms with E-state index in [1.165, 1.54) is 27.4 Å². The molecule has 134 valence electrons. The van der Waals surface area contributed by atoms with Gasteiger partial charge in [0.05, 0.1) is 39.1 Å². The van der Waals surface area contributed by atoms with Gasteiger partial charge in [0.2, 0.25) is 5.91 Å². The van der Waals surface area contributed by atoms with Crippen LogP contribution in [0.5, 0.6) is 11.5 Å². The van der Waals surface area contributed by atoms with Crippen LogP contribution in [-0.4, -0.2) is 45.3 Å². The van der Waals surface area contributed by atoms with E-state index < -0.39 is 5.97 Å². The number of hydrogen-bond acceptors (Lipinski definition) is 6. The van der Waals surface area contributed by atoms with Gasteiger partial charge in [0.25, 0.3) is 0 Å². The third-order valence-corrected chi connectivity index (χ3v) is 3.73. The Morgan fingerprint density at radius 1 is 1.08 bits per heavy atom. The van der Waals surface area contributed by atoms with Gasteiger partial charge in [-0.05, 0) is 20.3 Å². The Kier molecular flexibility index (Phi) is 6.88. The molecule has 0 spiro atoms. The van der Waals surface area contributed by atoms with Gasteiger partial charge >= 0.3 is 5.97 Å². The zero-order valence-electron chi connectivity index (χ0n) is 15.1. The van der Waals surface area contributed by atoms with E-state index in [0.29, 0.717) is 17.2 Å². The first-order valence-electron chi connectivity index (χ1n) is 7.67. The zero-order valence-corrected chi connectivity index (χ0v) is 15.1. The van der Waals surface area contributed by atoms with E-state index >= 15 is 0 Å². The molecule has 0 fully saturated rings. The minimum absolute atomic E-state index is 0.0168. The average Bonchev–Trinajstić information content (AvgIpc) is 2.57. The molecular formula is C17H26N2O5. The summed E-state index contributed by atoms with van der Waals surface area (Å²) in [6.45, 7) is 5.91. The number of carbonyl (C=O) groups excluding carboxylic acids is 2. The minimum atomic E-state index is -0.534. The molecule has 2 N–H and O–H groups in total. The van der Waals surface area contributed by atoms with Crippen molar-refractivity contribution in [2.45, 2.75) is 32.7 Å². The number of ether oxygens (including phenoxy) is 3. The number of nitrogens with one attached hydrogen (secondary N) is 2. The quantitative estimate of drug-likeness (QED) is 0.707. The van der Waals surface area contributed by atoms with Crippen LogP contribution in [0.25, 0.3) is 0 Å². The monoisotopic (exact) mass is 338 g/mol. The van der Waals surface area contributed by atoms with Crippen molar-refractivity contribution < 1.29 is 23.8 Å². The molecule has 0 bridgehead atoms. The van der Waals surface area contributed by atoms with Gasteiger partial charge in [-0.1, -0.05) is 6.92 Å². The molecule has 0 aliphatic heterocycles. The van der Waals surface area contributed by atoms with E-state index in [-0.39, 0.29) is 23.6 Å². The standard InChI is InChI=1S/C17H26N2O5/c1-7-17(2,3)19-15(20)10-18-12-9-14(23-5)13(22-4)8-11(12)16(21)24-6/h8-9,18H,7,10H2,1-6H3,(H,19,20). The van der Waals surface area contributed by atoms with Crippen molar-refractivity contribution in [3.05, 3.63) is 17.7 Å². The number of hydrogen-bond donors (Lipinski definition) is 2. The molecule has 1 aromatic carbocycles. The van der Waals surface area contributed by atoms with Crippen LogP contribution in [0.1, 0.15) is 37.6 Å². The van der Waals surface area contributed by atoms with Crippen molar-refractivity contribution >= 4 is 17.6 Å². The molecule has 0 saturated carbocycles. The Morgan fingerprint density at radius 3 is 2.17 bits per heavy atom. The molecule has 1 aromatic rings. The van der Waals surface area contributed by atoms with Gasteiger partial charge < -0.3 is 24.8 Å². The van der Waals surface area contributed by atoms with Crippen molar-refractivity contribution in [3.8, 4) is 11.5 Å². The maximum atomic E-state index is 12.1. The Labute approximate surface area is 142 Å². The molecule has 1 amide bonds. The first-order chi connectivity index (χ1) is 11.3. The number of rotatable bonds is 8. The van der Waals surface area contributed by atoms with Crippen LogP contribution in [-0.2, 0) is 9.53 Å². The molecule has 0 aromatic heterocycles. The van der Waals surface area contributed by atoms with Crippen LogP contribution in [0, 0.1) is 0 Å². The molecule has 0 radical (unpaired) electrons. The third kappa shape index (κ3) is 5.04. The molecule has 1 rings (SSSR count). The largest absolute Gasteiger partial charge is 0.493 e. The van der Waals surface area contributed by atoms with Crippen LogP contribution in [0.2, 0.25) is 0 Å². The molecule has 0 atom stereocenters. The fourth-order valence-electron chi connectivity index (χ4n) is 1.99. The summed E-state index contributed by atoms with van der Waals surface area (Å²) in [4.78, 5) is 24.0. The van der Waals surface area contributed by atoms with E-state index in [4.69, 9.17) is 14.2 Å². The van der Waals surface area contributed by atoms with Crippen LogP contribution in [0.3, 0.4) is 0 Å². The fraction of sp³-hybridized carbons (Fsp3) is 0.529. The summed E-state index contributed by atoms with van der Waals surface area (Å²) in [6, 6.07) is 3.12. The van der Waals surface area contributed by atoms with Crippen LogP contribution in [0.4, 0.5) is 5.69 Å². The Balaban J connectivity index is 3.00. The molecule has 7 nitrogen and oxygen atoms in total. The maximum absolute atomic E-state index is 12.1. The van der Waals surface area contributed by atoms with E-state index in [0.717, 1.165) is 6.42 Å². The number of benzene rings is 1. The van der Waals surface area contributed by atoms with E-state index in [2.05, 4.69) is 10.6 Å². The predicted octanol–water partition coefficient (Wildman–Crippen LogP) is 2.21. The summed E-state index contributed by atoms with van der Waals surface area (Å²) in [7, 11) is 4.27. The highest BCUT2D eigenvalue weighted by Crippen LogP contribution is 2.33. The number of anilines is 1. The molecule has 0 aliphatic carbocycles. The third-order valence-electron chi connectivity index (χ3n) is 3.73. The zero-order chi connectivity index (χ0) is 18.3. The van der Waals surface area contributed by atoms with Crippen LogP contribution < -0.4 is 20.1 Å². The second kappa shape index (κ2) is 8.42. The van der Waals surface area contributed by atoms with Gasteiger partial charge in [0.1, 0.15) is 0 Å². The van der Waals surface area contributed by atoms with Crippen molar-refractivity contribution in [3.63, 3.8) is 0 Å². The lowest BCUT2D eigenvalue weighted by Crippen LogP contribution is -2.45. The van der Waals surface area contributed by atoms with E-state index in [9.17, 15) is 9.59 Å². The number of amides is 1. The molecular weight excluding hydrogens is 312 g/mol. The van der Waals surface area contributed by atoms with Gasteiger partial charge in [-0.25, -0.2) is 4.79 Å². The molecule has 7 heteroatoms. The molecule has 0 unspecified atom stereocenters. The normalized spacial score (nSPS) is 10.8. The first kappa shape index (κ1) is 19.6. The Hall–Kier alpha value is -2.44. The minimum Gasteiger partial charge on any atom is -0.493 e. The molecule has 0 aliphatic rings. The molecule has 0 heterocycles. The van der Waals surface area contributed by atoms with E-state index in [1.807, 2.05) is 20.8 Å². The van der Waals surface area contributed by atoms with Crippen molar-refractivity contribution in [1.29, 1.82) is 0 Å².